The van der Waals surface area contributed by atoms with Gasteiger partial charge < -0.3 is 15.2 Å². The van der Waals surface area contributed by atoms with E-state index >= 15 is 0 Å². The standard InChI is InChI=1S/C26H30N4O3S/c1-17-12-20(14-22(31)28-17)26(33)30(2)15-21(13-18-8-4-3-5-9-18)29-25(32)24-23(27-16-34-24)19-10-6-7-11-19/h3-5,8-9,12,14,16,19,21H,6-7,10-11,13,15H2,1-2H3,(H,28,31)(H,29,32). The molecule has 2 heterocycles. The molecule has 0 spiro atoms. The van der Waals surface area contributed by atoms with E-state index in [1.165, 1.54) is 30.2 Å². The largest absolute Gasteiger partial charge is 0.346 e. The fourth-order valence-electron chi connectivity index (χ4n) is 4.67. The van der Waals surface area contributed by atoms with Crippen molar-refractivity contribution in [1.82, 2.24) is 20.2 Å². The zero-order valence-electron chi connectivity index (χ0n) is 19.5. The van der Waals surface area contributed by atoms with Crippen molar-refractivity contribution >= 4 is 23.2 Å². The van der Waals surface area contributed by atoms with Crippen molar-refractivity contribution in [3.05, 3.63) is 85.7 Å². The summed E-state index contributed by atoms with van der Waals surface area (Å²) in [5.74, 6) is -0.0487. The summed E-state index contributed by atoms with van der Waals surface area (Å²) in [5, 5.41) is 3.16. The number of thiazole rings is 1. The van der Waals surface area contributed by atoms with Crippen molar-refractivity contribution in [2.45, 2.75) is 51.0 Å². The summed E-state index contributed by atoms with van der Waals surface area (Å²) in [6, 6.07) is 12.6. The van der Waals surface area contributed by atoms with Gasteiger partial charge in [-0.05, 0) is 37.8 Å². The molecule has 1 fully saturated rings. The summed E-state index contributed by atoms with van der Waals surface area (Å²) in [6.45, 7) is 2.05. The summed E-state index contributed by atoms with van der Waals surface area (Å²) in [4.78, 5) is 47.6. The maximum absolute atomic E-state index is 13.3. The van der Waals surface area contributed by atoms with E-state index in [0.29, 0.717) is 35.0 Å². The fraction of sp³-hybridized carbons (Fsp3) is 0.385. The first-order valence-electron chi connectivity index (χ1n) is 11.7. The van der Waals surface area contributed by atoms with Gasteiger partial charge in [0.25, 0.3) is 11.8 Å². The average Bonchev–Trinajstić information content (AvgIpc) is 3.50. The molecule has 3 aromatic rings. The Kier molecular flexibility index (Phi) is 7.57. The molecule has 1 aliphatic carbocycles. The highest BCUT2D eigenvalue weighted by Gasteiger charge is 2.27. The number of amides is 2. The lowest BCUT2D eigenvalue weighted by Crippen LogP contribution is -2.45. The number of aromatic nitrogens is 2. The number of carbonyl (C=O) groups is 2. The second kappa shape index (κ2) is 10.8. The van der Waals surface area contributed by atoms with Crippen LogP contribution >= 0.6 is 11.3 Å². The van der Waals surface area contributed by atoms with Crippen molar-refractivity contribution in [1.29, 1.82) is 0 Å². The van der Waals surface area contributed by atoms with Gasteiger partial charge in [0, 0.05) is 36.8 Å². The average molecular weight is 479 g/mol. The molecule has 4 rings (SSSR count). The first-order chi connectivity index (χ1) is 16.4. The molecule has 1 saturated carbocycles. The van der Waals surface area contributed by atoms with Gasteiger partial charge in [0.15, 0.2) is 0 Å². The Morgan fingerprint density at radius 3 is 2.65 bits per heavy atom. The second-order valence-corrected chi connectivity index (χ2v) is 9.86. The van der Waals surface area contributed by atoms with Gasteiger partial charge in [-0.3, -0.25) is 14.4 Å². The quantitative estimate of drug-likeness (QED) is 0.513. The number of likely N-dealkylation sites (N-methyl/N-ethyl adjacent to an activating group) is 1. The van der Waals surface area contributed by atoms with E-state index in [9.17, 15) is 14.4 Å². The minimum Gasteiger partial charge on any atom is -0.346 e. The van der Waals surface area contributed by atoms with Crippen LogP contribution in [0.15, 0.2) is 52.8 Å². The molecule has 0 bridgehead atoms. The molecule has 1 unspecified atom stereocenters. The van der Waals surface area contributed by atoms with E-state index in [1.807, 2.05) is 30.3 Å². The van der Waals surface area contributed by atoms with Gasteiger partial charge in [-0.25, -0.2) is 4.98 Å². The predicted molar refractivity (Wildman–Crippen MR) is 133 cm³/mol. The smallest absolute Gasteiger partial charge is 0.263 e. The zero-order valence-corrected chi connectivity index (χ0v) is 20.4. The summed E-state index contributed by atoms with van der Waals surface area (Å²) in [5.41, 5.74) is 4.38. The predicted octanol–water partition coefficient (Wildman–Crippen LogP) is 3.91. The van der Waals surface area contributed by atoms with Gasteiger partial charge in [0.2, 0.25) is 5.56 Å². The number of aromatic amines is 1. The number of H-pyrrole nitrogens is 1. The lowest BCUT2D eigenvalue weighted by molar-refractivity contribution is 0.0764. The molecule has 1 aromatic carbocycles. The first-order valence-corrected chi connectivity index (χ1v) is 12.5. The van der Waals surface area contributed by atoms with Gasteiger partial charge >= 0.3 is 0 Å². The molecule has 1 atom stereocenters. The molecule has 0 saturated heterocycles. The van der Waals surface area contributed by atoms with Crippen molar-refractivity contribution in [2.24, 2.45) is 0 Å². The van der Waals surface area contributed by atoms with Crippen molar-refractivity contribution < 1.29 is 9.59 Å². The summed E-state index contributed by atoms with van der Waals surface area (Å²) in [6.07, 6.45) is 5.08. The van der Waals surface area contributed by atoms with Gasteiger partial charge in [-0.1, -0.05) is 43.2 Å². The lowest BCUT2D eigenvalue weighted by atomic mass is 10.0. The minimum atomic E-state index is -0.310. The Morgan fingerprint density at radius 1 is 1.21 bits per heavy atom. The molecule has 2 N–H and O–H groups in total. The number of nitrogens with zero attached hydrogens (tertiary/aromatic N) is 2. The van der Waals surface area contributed by atoms with E-state index in [4.69, 9.17) is 0 Å². The highest BCUT2D eigenvalue weighted by molar-refractivity contribution is 7.11. The number of hydrogen-bond acceptors (Lipinski definition) is 5. The summed E-state index contributed by atoms with van der Waals surface area (Å²) in [7, 11) is 1.69. The monoisotopic (exact) mass is 478 g/mol. The molecule has 1 aliphatic rings. The highest BCUT2D eigenvalue weighted by Crippen LogP contribution is 2.36. The molecule has 178 valence electrons. The normalized spacial score (nSPS) is 14.6. The maximum atomic E-state index is 13.3. The van der Waals surface area contributed by atoms with Gasteiger partial charge in [-0.2, -0.15) is 0 Å². The summed E-state index contributed by atoms with van der Waals surface area (Å²) < 4.78 is 0. The molecule has 0 aliphatic heterocycles. The molecular formula is C26H30N4O3S. The number of aryl methyl sites for hydroxylation is 1. The van der Waals surface area contributed by atoms with Crippen molar-refractivity contribution in [3.63, 3.8) is 0 Å². The van der Waals surface area contributed by atoms with E-state index < -0.39 is 0 Å². The van der Waals surface area contributed by atoms with Crippen LogP contribution < -0.4 is 10.9 Å². The van der Waals surface area contributed by atoms with Crippen LogP contribution in [0.3, 0.4) is 0 Å². The molecule has 34 heavy (non-hydrogen) atoms. The lowest BCUT2D eigenvalue weighted by Gasteiger charge is -2.25. The first kappa shape index (κ1) is 23.9. The van der Waals surface area contributed by atoms with Crippen LogP contribution in [0, 0.1) is 6.92 Å². The van der Waals surface area contributed by atoms with E-state index in [2.05, 4.69) is 15.3 Å². The Bertz CT molecular complexity index is 1200. The third-order valence-corrected chi connectivity index (χ3v) is 7.11. The number of benzene rings is 1. The van der Waals surface area contributed by atoms with Crippen LogP contribution in [0.5, 0.6) is 0 Å². The van der Waals surface area contributed by atoms with E-state index in [-0.39, 0.29) is 23.4 Å². The van der Waals surface area contributed by atoms with Crippen LogP contribution in [0.25, 0.3) is 0 Å². The topological polar surface area (TPSA) is 95.2 Å². The Balaban J connectivity index is 1.52. The number of carbonyl (C=O) groups excluding carboxylic acids is 2. The minimum absolute atomic E-state index is 0.141. The molecule has 0 radical (unpaired) electrons. The summed E-state index contributed by atoms with van der Waals surface area (Å²) >= 11 is 1.38. The molecule has 2 aromatic heterocycles. The van der Waals surface area contributed by atoms with Crippen molar-refractivity contribution in [3.8, 4) is 0 Å². The Hall–Kier alpha value is -3.26. The van der Waals surface area contributed by atoms with Gasteiger partial charge in [0.1, 0.15) is 4.88 Å². The Morgan fingerprint density at radius 2 is 1.94 bits per heavy atom. The SMILES string of the molecule is Cc1cc(C(=O)N(C)CC(Cc2ccccc2)NC(=O)c2scnc2C2CCCC2)cc(=O)[nH]1. The van der Waals surface area contributed by atoms with Crippen molar-refractivity contribution in [2.75, 3.05) is 13.6 Å². The fourth-order valence-corrected chi connectivity index (χ4v) is 5.44. The van der Waals surface area contributed by atoms with Gasteiger partial charge in [-0.15, -0.1) is 11.3 Å². The van der Waals surface area contributed by atoms with Crippen LogP contribution in [0.2, 0.25) is 0 Å². The second-order valence-electron chi connectivity index (χ2n) is 9.01. The van der Waals surface area contributed by atoms with Crippen LogP contribution in [0.1, 0.15) is 68.6 Å². The van der Waals surface area contributed by atoms with E-state index in [1.54, 1.807) is 30.4 Å². The number of hydrogen-bond donors (Lipinski definition) is 2. The third-order valence-electron chi connectivity index (χ3n) is 6.27. The number of rotatable bonds is 8. The molecule has 7 nitrogen and oxygen atoms in total. The van der Waals surface area contributed by atoms with Crippen LogP contribution in [-0.4, -0.2) is 46.3 Å². The zero-order chi connectivity index (χ0) is 24.1. The van der Waals surface area contributed by atoms with Gasteiger partial charge in [0.05, 0.1) is 17.2 Å². The molecule has 2 amide bonds. The maximum Gasteiger partial charge on any atom is 0.263 e. The number of pyridine rings is 1. The van der Waals surface area contributed by atoms with E-state index in [0.717, 1.165) is 24.1 Å². The third kappa shape index (κ3) is 5.80. The number of nitrogens with one attached hydrogen (secondary N) is 2. The molecule has 8 heteroatoms. The Labute approximate surface area is 203 Å². The molecular weight excluding hydrogens is 448 g/mol. The highest BCUT2D eigenvalue weighted by atomic mass is 32.1. The van der Waals surface area contributed by atoms with Crippen LogP contribution in [0.4, 0.5) is 0 Å². The van der Waals surface area contributed by atoms with Crippen LogP contribution in [-0.2, 0) is 6.42 Å².